The fourth-order valence-electron chi connectivity index (χ4n) is 8.57. The van der Waals surface area contributed by atoms with Crippen LogP contribution in [0.3, 0.4) is 0 Å². The van der Waals surface area contributed by atoms with Crippen molar-refractivity contribution in [1.82, 2.24) is 24.9 Å². The van der Waals surface area contributed by atoms with Gasteiger partial charge in [-0.1, -0.05) is 24.3 Å². The van der Waals surface area contributed by atoms with Crippen molar-refractivity contribution >= 4 is 58.5 Å². The van der Waals surface area contributed by atoms with Crippen LogP contribution in [0.2, 0.25) is 0 Å². The van der Waals surface area contributed by atoms with Crippen molar-refractivity contribution in [1.29, 1.82) is 0 Å². The molecule has 4 aromatic rings. The molecule has 3 aromatic carbocycles. The van der Waals surface area contributed by atoms with E-state index in [0.717, 1.165) is 96.7 Å². The Morgan fingerprint density at radius 3 is 2.51 bits per heavy atom. The number of nitrogens with one attached hydrogen (secondary N) is 4. The van der Waals surface area contributed by atoms with Gasteiger partial charge in [0.25, 0.3) is 11.8 Å². The van der Waals surface area contributed by atoms with E-state index in [9.17, 15) is 19.2 Å². The molecule has 1 aromatic heterocycles. The summed E-state index contributed by atoms with van der Waals surface area (Å²) in [4.78, 5) is 61.3. The highest BCUT2D eigenvalue weighted by Crippen LogP contribution is 2.34. The van der Waals surface area contributed by atoms with Gasteiger partial charge in [-0.2, -0.15) is 5.10 Å². The van der Waals surface area contributed by atoms with E-state index in [1.807, 2.05) is 42.2 Å². The number of aryl methyl sites for hydroxylation is 2. The number of rotatable bonds is 8. The van der Waals surface area contributed by atoms with Crippen LogP contribution in [0.4, 0.5) is 28.7 Å². The highest BCUT2D eigenvalue weighted by atomic mass is 16.2. The molecule has 2 atom stereocenters. The van der Waals surface area contributed by atoms with Crippen molar-refractivity contribution in [2.75, 3.05) is 47.0 Å². The predicted molar refractivity (Wildman–Crippen MR) is 210 cm³/mol. The van der Waals surface area contributed by atoms with E-state index in [1.165, 1.54) is 11.1 Å². The number of anilines is 5. The fourth-order valence-corrected chi connectivity index (χ4v) is 8.57. The second kappa shape index (κ2) is 14.0. The molecule has 4 N–H and O–H groups in total. The normalized spacial score (nSPS) is 21.2. The second-order valence-electron chi connectivity index (χ2n) is 15.2. The molecule has 282 valence electrons. The molecule has 0 spiro atoms. The van der Waals surface area contributed by atoms with Crippen molar-refractivity contribution < 1.29 is 19.2 Å². The molecule has 14 nitrogen and oxygen atoms in total. The molecule has 0 saturated carbocycles. The number of aromatic nitrogens is 2. The lowest BCUT2D eigenvalue weighted by atomic mass is 9.93. The van der Waals surface area contributed by atoms with E-state index in [1.54, 1.807) is 12.1 Å². The largest absolute Gasteiger partial charge is 0.371 e. The van der Waals surface area contributed by atoms with Crippen molar-refractivity contribution in [2.45, 2.75) is 57.9 Å². The lowest BCUT2D eigenvalue weighted by molar-refractivity contribution is -0.136. The zero-order valence-corrected chi connectivity index (χ0v) is 31.0. The minimum absolute atomic E-state index is 0.100. The average Bonchev–Trinajstić information content (AvgIpc) is 3.62. The van der Waals surface area contributed by atoms with Gasteiger partial charge in [-0.05, 0) is 91.6 Å². The van der Waals surface area contributed by atoms with Gasteiger partial charge in [0.05, 0.1) is 16.7 Å². The number of aliphatic imine (C=N–C) groups is 1. The summed E-state index contributed by atoms with van der Waals surface area (Å²) in [6, 6.07) is 19.2. The van der Waals surface area contributed by atoms with Crippen LogP contribution >= 0.6 is 0 Å². The summed E-state index contributed by atoms with van der Waals surface area (Å²) in [5.41, 5.74) is 8.37. The van der Waals surface area contributed by atoms with Gasteiger partial charge in [-0.25, -0.2) is 4.99 Å². The topological polar surface area (TPSA) is 156 Å². The second-order valence-corrected chi connectivity index (χ2v) is 15.2. The first-order valence-electron chi connectivity index (χ1n) is 19.1. The average molecular weight is 741 g/mol. The molecule has 9 rings (SSSR count). The molecule has 2 saturated heterocycles. The van der Waals surface area contributed by atoms with Crippen LogP contribution in [0.1, 0.15) is 68.7 Å². The molecule has 6 heterocycles. The van der Waals surface area contributed by atoms with Crippen LogP contribution < -0.4 is 26.2 Å². The van der Waals surface area contributed by atoms with E-state index >= 15 is 0 Å². The number of carbonyl (C=O) groups is 4. The first-order chi connectivity index (χ1) is 26.7. The summed E-state index contributed by atoms with van der Waals surface area (Å²) >= 11 is 0. The number of piperidine rings is 2. The Kier molecular flexibility index (Phi) is 8.84. The minimum atomic E-state index is -0.963. The molecule has 5 aliphatic heterocycles. The van der Waals surface area contributed by atoms with Gasteiger partial charge in [0, 0.05) is 69.5 Å². The van der Waals surface area contributed by atoms with Crippen molar-refractivity contribution in [2.24, 2.45) is 18.0 Å². The lowest BCUT2D eigenvalue weighted by Crippen LogP contribution is -2.54. The summed E-state index contributed by atoms with van der Waals surface area (Å²) in [7, 11) is 1.93. The van der Waals surface area contributed by atoms with E-state index in [4.69, 9.17) is 10.1 Å². The number of amides is 4. The number of benzene rings is 3. The van der Waals surface area contributed by atoms with Gasteiger partial charge >= 0.3 is 0 Å². The fraction of sp³-hybridized carbons (Fsp3) is 0.366. The molecule has 0 radical (unpaired) electrons. The summed E-state index contributed by atoms with van der Waals surface area (Å²) in [6.45, 7) is 6.75. The molecular weight excluding hydrogens is 697 g/mol. The standard InChI is InChI=1S/C41H44N10O4/c1-24-5-3-4-6-33(24)44-36-32-21-42-41(46-37(32)48(2)47-36)43-28-8-7-26-15-16-49(23-27(26)19-28)22-25-13-17-50(18-14-25)29-9-10-30-31(20-29)40(55)51(39(30)54)34-11-12-35(52)45-38(34)53/h3-10,19-21,25,34,41,43,46H,11-18,22-23H2,1-2H3,(H,44,47)(H,45,52,53). The number of imide groups is 2. The van der Waals surface area contributed by atoms with E-state index < -0.39 is 23.8 Å². The van der Waals surface area contributed by atoms with Crippen molar-refractivity contribution in [3.8, 4) is 0 Å². The Bertz CT molecular complexity index is 2260. The molecule has 2 unspecified atom stereocenters. The molecule has 55 heavy (non-hydrogen) atoms. The Morgan fingerprint density at radius 2 is 1.69 bits per heavy atom. The van der Waals surface area contributed by atoms with Gasteiger partial charge in [0.2, 0.25) is 11.8 Å². The highest BCUT2D eigenvalue weighted by molar-refractivity contribution is 6.23. The third kappa shape index (κ3) is 6.60. The summed E-state index contributed by atoms with van der Waals surface area (Å²) in [6.07, 6.45) is 4.87. The number of hydrogen-bond donors (Lipinski definition) is 4. The number of nitrogens with zero attached hydrogens (tertiary/aromatic N) is 6. The number of hydrogen-bond acceptors (Lipinski definition) is 11. The molecule has 4 amide bonds. The van der Waals surface area contributed by atoms with E-state index in [0.29, 0.717) is 17.0 Å². The Hall–Kier alpha value is -6.02. The molecule has 5 aliphatic rings. The van der Waals surface area contributed by atoms with Gasteiger partial charge in [0.1, 0.15) is 11.9 Å². The van der Waals surface area contributed by atoms with Crippen LogP contribution in [0, 0.1) is 12.8 Å². The molecule has 0 bridgehead atoms. The van der Waals surface area contributed by atoms with Gasteiger partial charge in [-0.15, -0.1) is 0 Å². The summed E-state index contributed by atoms with van der Waals surface area (Å²) in [5, 5.41) is 17.5. The third-order valence-corrected chi connectivity index (χ3v) is 11.6. The van der Waals surface area contributed by atoms with Crippen LogP contribution in [0.5, 0.6) is 0 Å². The summed E-state index contributed by atoms with van der Waals surface area (Å²) < 4.78 is 1.85. The van der Waals surface area contributed by atoms with E-state index in [2.05, 4.69) is 62.3 Å². The van der Waals surface area contributed by atoms with E-state index in [-0.39, 0.29) is 25.0 Å². The maximum absolute atomic E-state index is 13.4. The van der Waals surface area contributed by atoms with Gasteiger partial charge < -0.3 is 20.9 Å². The first kappa shape index (κ1) is 34.7. The molecule has 14 heteroatoms. The SMILES string of the molecule is Cc1ccccc1Nc1nn(C)c2c1C=NC(Nc1ccc3c(c1)CN(CC1CCN(c4ccc5c(c4)C(=O)N(C4CCC(=O)NC4=O)C5=O)CC1)CC3)N2. The predicted octanol–water partition coefficient (Wildman–Crippen LogP) is 4.39. The number of carbonyl (C=O) groups excluding carboxylic acids is 4. The van der Waals surface area contributed by atoms with Crippen molar-refractivity contribution in [3.05, 3.63) is 94.0 Å². The lowest BCUT2D eigenvalue weighted by Gasteiger charge is -2.37. The van der Waals surface area contributed by atoms with Crippen LogP contribution in [0.25, 0.3) is 0 Å². The minimum Gasteiger partial charge on any atom is -0.371 e. The van der Waals surface area contributed by atoms with Gasteiger partial charge in [-0.3, -0.25) is 39.0 Å². The Morgan fingerprint density at radius 1 is 0.873 bits per heavy atom. The Balaban J connectivity index is 0.790. The maximum atomic E-state index is 13.4. The molecule has 0 aliphatic carbocycles. The maximum Gasteiger partial charge on any atom is 0.262 e. The van der Waals surface area contributed by atoms with Crippen LogP contribution in [-0.2, 0) is 29.6 Å². The van der Waals surface area contributed by atoms with Gasteiger partial charge in [0.15, 0.2) is 12.1 Å². The third-order valence-electron chi connectivity index (χ3n) is 11.6. The zero-order chi connectivity index (χ0) is 37.8. The van der Waals surface area contributed by atoms with Crippen LogP contribution in [-0.4, -0.2) is 87.9 Å². The molecular formula is C41H44N10O4. The first-order valence-corrected chi connectivity index (χ1v) is 19.1. The van der Waals surface area contributed by atoms with Crippen LogP contribution in [0.15, 0.2) is 65.7 Å². The van der Waals surface area contributed by atoms with Crippen molar-refractivity contribution in [3.63, 3.8) is 0 Å². The smallest absolute Gasteiger partial charge is 0.262 e. The highest BCUT2D eigenvalue weighted by Gasteiger charge is 2.45. The molecule has 2 fully saturated rings. The summed E-state index contributed by atoms with van der Waals surface area (Å²) in [5.74, 6) is 0.285. The Labute approximate surface area is 318 Å². The number of fused-ring (bicyclic) bond motifs is 3. The quantitative estimate of drug-likeness (QED) is 0.191. The number of para-hydroxylation sites is 1. The monoisotopic (exact) mass is 740 g/mol. The zero-order valence-electron chi connectivity index (χ0n) is 31.0.